The number of nitrogens with one attached hydrogen (secondary N) is 4. The van der Waals surface area contributed by atoms with Crippen molar-refractivity contribution in [1.29, 1.82) is 0 Å². The van der Waals surface area contributed by atoms with Crippen LogP contribution in [0.5, 0.6) is 23.0 Å². The Bertz CT molecular complexity index is 3570. The molecule has 9 rings (SSSR count). The second kappa shape index (κ2) is 29.4. The van der Waals surface area contributed by atoms with Crippen molar-refractivity contribution in [3.8, 4) is 23.0 Å². The summed E-state index contributed by atoms with van der Waals surface area (Å²) in [6, 6.07) is 52.0. The lowest BCUT2D eigenvalue weighted by molar-refractivity contribution is -0.870. The third-order valence-electron chi connectivity index (χ3n) is 15.7. The average molecular weight is 1130 g/mol. The van der Waals surface area contributed by atoms with Crippen LogP contribution in [-0.4, -0.2) is 136 Å². The maximum atomic E-state index is 6.39. The third-order valence-corrected chi connectivity index (χ3v) is 15.7. The van der Waals surface area contributed by atoms with Gasteiger partial charge in [0.25, 0.3) is 0 Å². The van der Waals surface area contributed by atoms with Crippen LogP contribution in [0, 0.1) is 0 Å². The van der Waals surface area contributed by atoms with Crippen molar-refractivity contribution >= 4 is 22.3 Å². The van der Waals surface area contributed by atoms with E-state index in [4.69, 9.17) is 18.9 Å². The molecule has 0 amide bonds. The molecule has 0 aliphatic carbocycles. The summed E-state index contributed by atoms with van der Waals surface area (Å²) in [6.45, 7) is 8.04. The Labute approximate surface area is 500 Å². The number of aromatic amines is 4. The molecule has 1 aliphatic heterocycles. The van der Waals surface area contributed by atoms with Gasteiger partial charge in [-0.2, -0.15) is 0 Å². The van der Waals surface area contributed by atoms with Gasteiger partial charge in [-0.25, -0.2) is 0 Å². The van der Waals surface area contributed by atoms with Crippen LogP contribution < -0.4 is 40.3 Å². The SMILES string of the molecule is CCCCCCCCCCCCOc1ccc(C2=c3ccc([nH]3)=C(c3ccc(OCCCN(C)C)cc3)c3ccc([nH]3)C(c3ccc(OCCC[N+](C)(C)C)cc3)=c3ccc([nH]3)=C(c3ccc(OCCC[N+](C)(C)C)cc3)c3ccc2[nH]3)cc1. The minimum absolute atomic E-state index is 0.653. The lowest BCUT2D eigenvalue weighted by Crippen LogP contribution is -2.36. The molecule has 84 heavy (non-hydrogen) atoms. The van der Waals surface area contributed by atoms with Crippen molar-refractivity contribution in [3.63, 3.8) is 0 Å². The van der Waals surface area contributed by atoms with Crippen LogP contribution in [0.4, 0.5) is 0 Å². The number of H-pyrrole nitrogens is 4. The van der Waals surface area contributed by atoms with E-state index < -0.39 is 0 Å². The van der Waals surface area contributed by atoms with Crippen LogP contribution in [0.2, 0.25) is 0 Å². The van der Waals surface area contributed by atoms with E-state index in [0.29, 0.717) is 19.8 Å². The number of hydrogen-bond acceptors (Lipinski definition) is 5. The summed E-state index contributed by atoms with van der Waals surface area (Å²) in [5, 5.41) is 3.92. The van der Waals surface area contributed by atoms with Gasteiger partial charge in [0.15, 0.2) is 0 Å². The molecule has 0 unspecified atom stereocenters. The molecule has 0 spiro atoms. The van der Waals surface area contributed by atoms with Crippen molar-refractivity contribution in [1.82, 2.24) is 24.8 Å². The largest absolute Gasteiger partial charge is 0.494 e. The Morgan fingerprint density at radius 2 is 0.583 bits per heavy atom. The molecular formula is C73H95N7O4+2. The minimum atomic E-state index is 0.653. The molecule has 0 atom stereocenters. The van der Waals surface area contributed by atoms with E-state index in [1.54, 1.807) is 0 Å². The molecule has 11 heteroatoms. The van der Waals surface area contributed by atoms with Gasteiger partial charge in [-0.1, -0.05) is 113 Å². The van der Waals surface area contributed by atoms with Gasteiger partial charge in [-0.05, 0) is 146 Å². The average Bonchev–Trinajstić information content (AvgIpc) is 3.30. The van der Waals surface area contributed by atoms with Gasteiger partial charge in [-0.3, -0.25) is 0 Å². The highest BCUT2D eigenvalue weighted by atomic mass is 16.5. The van der Waals surface area contributed by atoms with Crippen LogP contribution in [0.15, 0.2) is 146 Å². The summed E-state index contributed by atoms with van der Waals surface area (Å²) in [4.78, 5) is 18.1. The summed E-state index contributed by atoms with van der Waals surface area (Å²) in [7, 11) is 17.5. The number of unbranched alkanes of at least 4 members (excludes halogenated alkanes) is 9. The van der Waals surface area contributed by atoms with Crippen molar-refractivity contribution in [2.45, 2.75) is 90.4 Å². The number of benzene rings is 4. The zero-order valence-electron chi connectivity index (χ0n) is 52.0. The number of hydrogen-bond donors (Lipinski definition) is 4. The molecule has 11 nitrogen and oxygen atoms in total. The molecule has 0 saturated carbocycles. The van der Waals surface area contributed by atoms with Crippen molar-refractivity contribution in [2.24, 2.45) is 0 Å². The zero-order valence-corrected chi connectivity index (χ0v) is 52.0. The van der Waals surface area contributed by atoms with Gasteiger partial charge in [0, 0.05) is 85.9 Å². The van der Waals surface area contributed by atoms with E-state index in [2.05, 4.69) is 234 Å². The van der Waals surface area contributed by atoms with Gasteiger partial charge in [-0.15, -0.1) is 0 Å². The highest BCUT2D eigenvalue weighted by molar-refractivity contribution is 5.85. The molecule has 444 valence electrons. The van der Waals surface area contributed by atoms with Gasteiger partial charge in [0.2, 0.25) is 0 Å². The fraction of sp³-hybridized carbons (Fsp3) is 0.397. The van der Waals surface area contributed by atoms with Crippen LogP contribution in [0.1, 0.15) is 135 Å². The highest BCUT2D eigenvalue weighted by Crippen LogP contribution is 2.31. The van der Waals surface area contributed by atoms with Crippen molar-refractivity contribution in [3.05, 3.63) is 212 Å². The summed E-state index contributed by atoms with van der Waals surface area (Å²) < 4.78 is 27.1. The number of aromatic nitrogens is 4. The maximum Gasteiger partial charge on any atom is 0.119 e. The van der Waals surface area contributed by atoms with Crippen LogP contribution in [0.25, 0.3) is 22.3 Å². The van der Waals surface area contributed by atoms with E-state index in [-0.39, 0.29) is 0 Å². The molecule has 5 heterocycles. The maximum absolute atomic E-state index is 6.39. The number of quaternary nitrogens is 2. The second-order valence-electron chi connectivity index (χ2n) is 25.2. The topological polar surface area (TPSA) is 103 Å². The fourth-order valence-electron chi connectivity index (χ4n) is 11.3. The second-order valence-corrected chi connectivity index (χ2v) is 25.2. The highest BCUT2D eigenvalue weighted by Gasteiger charge is 2.20. The first-order chi connectivity index (χ1) is 40.7. The zero-order chi connectivity index (χ0) is 58.9. The minimum Gasteiger partial charge on any atom is -0.494 e. The first kappa shape index (κ1) is 61.1. The molecule has 4 N–H and O–H groups in total. The Morgan fingerprint density at radius 1 is 0.310 bits per heavy atom. The van der Waals surface area contributed by atoms with Gasteiger partial charge in [0.1, 0.15) is 23.0 Å². The standard InChI is InChI=1S/C73H95N7O4/c1-10-11-12-13-14-15-16-17-18-19-50-81-58-31-23-54(24-32-58)70-62-39-41-64(74-62)71(55-25-33-59(34-26-55)82-51-20-47-78(2)3)65-42-44-67(76-65)73(57-29-37-61(38-30-57)84-53-22-49-80(7,8)9)69-46-45-68(77-69)72(66-43-40-63(70)75-66)56-27-35-60(36-28-56)83-52-21-48-79(4,5)6/h23-46,74-77H,10-22,47-53H2,1-9H3/q+2. The van der Waals surface area contributed by atoms with E-state index in [0.717, 1.165) is 173 Å². The first-order valence-corrected chi connectivity index (χ1v) is 31.1. The third kappa shape index (κ3) is 17.3. The van der Waals surface area contributed by atoms with Gasteiger partial charge >= 0.3 is 0 Å². The Morgan fingerprint density at radius 3 is 0.869 bits per heavy atom. The molecule has 1 aliphatic rings. The number of rotatable bonds is 31. The van der Waals surface area contributed by atoms with E-state index in [1.165, 1.54) is 57.8 Å². The predicted octanol–water partition coefficient (Wildman–Crippen LogP) is 11.9. The molecule has 0 saturated heterocycles. The van der Waals surface area contributed by atoms with E-state index >= 15 is 0 Å². The molecule has 4 aromatic heterocycles. The van der Waals surface area contributed by atoms with Crippen LogP contribution in [0.3, 0.4) is 0 Å². The molecule has 4 aromatic carbocycles. The molecule has 8 aromatic rings. The summed E-state index contributed by atoms with van der Waals surface area (Å²) >= 11 is 0. The van der Waals surface area contributed by atoms with Crippen LogP contribution in [-0.2, 0) is 0 Å². The number of fused-ring (bicyclic) bond motifs is 8. The summed E-state index contributed by atoms with van der Waals surface area (Å²) in [5.41, 5.74) is 12.3. The van der Waals surface area contributed by atoms with Gasteiger partial charge in [0.05, 0.1) is 81.8 Å². The predicted molar refractivity (Wildman–Crippen MR) is 346 cm³/mol. The lowest BCUT2D eigenvalue weighted by atomic mass is 10.0. The number of nitrogens with zero attached hydrogens (tertiary/aromatic N) is 3. The Balaban J connectivity index is 1.14. The number of ether oxygens (including phenoxy) is 4. The normalized spacial score (nSPS) is 12.8. The van der Waals surface area contributed by atoms with Crippen LogP contribution >= 0.6 is 0 Å². The Hall–Kier alpha value is -7.44. The molecule has 8 bridgehead atoms. The van der Waals surface area contributed by atoms with E-state index in [1.807, 2.05) is 0 Å². The van der Waals surface area contributed by atoms with E-state index in [9.17, 15) is 0 Å². The monoisotopic (exact) mass is 1130 g/mol. The smallest absolute Gasteiger partial charge is 0.119 e. The lowest BCUT2D eigenvalue weighted by Gasteiger charge is -2.23. The summed E-state index contributed by atoms with van der Waals surface area (Å²) in [5.74, 6) is 3.45. The molecular weight excluding hydrogens is 1040 g/mol. The van der Waals surface area contributed by atoms with Gasteiger partial charge < -0.3 is 52.7 Å². The van der Waals surface area contributed by atoms with Crippen molar-refractivity contribution in [2.75, 3.05) is 102 Å². The molecule has 0 radical (unpaired) electrons. The summed E-state index contributed by atoms with van der Waals surface area (Å²) in [6.07, 6.45) is 15.9. The Kier molecular flexibility index (Phi) is 21.4. The molecule has 0 fully saturated rings. The first-order valence-electron chi connectivity index (χ1n) is 31.1. The quantitative estimate of drug-likeness (QED) is 0.0256. The van der Waals surface area contributed by atoms with Crippen molar-refractivity contribution < 1.29 is 27.9 Å². The fourth-order valence-corrected chi connectivity index (χ4v) is 11.3.